The van der Waals surface area contributed by atoms with Crippen LogP contribution in [0, 0.1) is 0 Å². The predicted octanol–water partition coefficient (Wildman–Crippen LogP) is -1.09. The summed E-state index contributed by atoms with van der Waals surface area (Å²) < 4.78 is 0. The predicted molar refractivity (Wildman–Crippen MR) is 94.8 cm³/mol. The fraction of sp³-hybridized carbons (Fsp3) is 0. The Morgan fingerprint density at radius 2 is 1.23 bits per heavy atom. The van der Waals surface area contributed by atoms with Crippen LogP contribution in [-0.4, -0.2) is 23.6 Å². The topological polar surface area (TPSA) is 224 Å². The van der Waals surface area contributed by atoms with Crippen molar-refractivity contribution in [2.45, 2.75) is 0 Å². The second kappa shape index (κ2) is 6.43. The first-order chi connectivity index (χ1) is 12.1. The lowest BCUT2D eigenvalue weighted by Gasteiger charge is -2.18. The van der Waals surface area contributed by atoms with Gasteiger partial charge in [-0.15, -0.1) is 0 Å². The van der Waals surface area contributed by atoms with E-state index in [0.717, 1.165) is 6.07 Å². The van der Waals surface area contributed by atoms with Gasteiger partial charge in [0.05, 0.1) is 33.6 Å². The molecule has 0 saturated heterocycles. The van der Waals surface area contributed by atoms with Crippen molar-refractivity contribution in [1.29, 1.82) is 0 Å². The molecule has 2 rings (SSSR count). The van der Waals surface area contributed by atoms with Crippen molar-refractivity contribution in [3.63, 3.8) is 0 Å². The van der Waals surface area contributed by atoms with Gasteiger partial charge in [0, 0.05) is 5.56 Å². The third kappa shape index (κ3) is 2.86. The van der Waals surface area contributed by atoms with Crippen LogP contribution >= 0.6 is 0 Å². The van der Waals surface area contributed by atoms with Crippen LogP contribution < -0.4 is 34.4 Å². The molecule has 0 aliphatic heterocycles. The Kier molecular flexibility index (Phi) is 4.52. The van der Waals surface area contributed by atoms with Crippen LogP contribution in [0.3, 0.4) is 0 Å². The third-order valence-corrected chi connectivity index (χ3v) is 3.76. The number of benzene rings is 2. The van der Waals surface area contributed by atoms with E-state index in [2.05, 4.69) is 0 Å². The highest BCUT2D eigenvalue weighted by molar-refractivity contribution is 6.17. The van der Waals surface area contributed by atoms with E-state index in [4.69, 9.17) is 34.4 Å². The monoisotopic (exact) mass is 356 g/mol. The number of amides is 4. The van der Waals surface area contributed by atoms with E-state index in [1.807, 2.05) is 0 Å². The molecule has 0 aliphatic rings. The number of hydrogen-bond donors (Lipinski definition) is 6. The van der Waals surface area contributed by atoms with Crippen LogP contribution in [0.5, 0.6) is 0 Å². The molecule has 0 saturated carbocycles. The second-order valence-corrected chi connectivity index (χ2v) is 5.36. The van der Waals surface area contributed by atoms with Crippen molar-refractivity contribution in [2.24, 2.45) is 22.9 Å². The third-order valence-electron chi connectivity index (χ3n) is 3.76. The molecule has 0 aliphatic carbocycles. The Balaban J connectivity index is 3.09. The van der Waals surface area contributed by atoms with Gasteiger partial charge < -0.3 is 34.4 Å². The Hall–Kier alpha value is -4.08. The van der Waals surface area contributed by atoms with E-state index in [9.17, 15) is 19.2 Å². The minimum absolute atomic E-state index is 0.0325. The summed E-state index contributed by atoms with van der Waals surface area (Å²) in [5.41, 5.74) is 31.5. The first-order valence-electron chi connectivity index (χ1n) is 7.12. The Bertz CT molecular complexity index is 983. The SMILES string of the molecule is NC(=O)c1cccc(-c2c(N)c(N)cc(C(N)=O)c2C(N)=O)c1C(N)=O. The van der Waals surface area contributed by atoms with Gasteiger partial charge in [-0.05, 0) is 17.7 Å². The van der Waals surface area contributed by atoms with Crippen LogP contribution in [0.25, 0.3) is 11.1 Å². The number of rotatable bonds is 5. The second-order valence-electron chi connectivity index (χ2n) is 5.36. The molecule has 134 valence electrons. The number of hydrogen-bond acceptors (Lipinski definition) is 6. The molecule has 26 heavy (non-hydrogen) atoms. The largest absolute Gasteiger partial charge is 0.397 e. The van der Waals surface area contributed by atoms with Crippen LogP contribution in [-0.2, 0) is 0 Å². The first-order valence-corrected chi connectivity index (χ1v) is 7.12. The molecule has 0 unspecified atom stereocenters. The number of carbonyl (C=O) groups is 4. The van der Waals surface area contributed by atoms with Gasteiger partial charge in [-0.1, -0.05) is 12.1 Å². The van der Waals surface area contributed by atoms with Crippen LogP contribution in [0.1, 0.15) is 41.4 Å². The number of anilines is 2. The molecular formula is C16H16N6O4. The molecule has 12 N–H and O–H groups in total. The fourth-order valence-electron chi connectivity index (χ4n) is 2.68. The summed E-state index contributed by atoms with van der Waals surface area (Å²) in [6.07, 6.45) is 0. The molecule has 4 amide bonds. The van der Waals surface area contributed by atoms with E-state index in [-0.39, 0.29) is 44.8 Å². The Morgan fingerprint density at radius 1 is 0.692 bits per heavy atom. The molecule has 2 aromatic rings. The van der Waals surface area contributed by atoms with Gasteiger partial charge >= 0.3 is 0 Å². The summed E-state index contributed by atoms with van der Waals surface area (Å²) in [6.45, 7) is 0. The van der Waals surface area contributed by atoms with E-state index < -0.39 is 23.6 Å². The molecule has 10 heteroatoms. The van der Waals surface area contributed by atoms with Gasteiger partial charge in [0.1, 0.15) is 0 Å². The summed E-state index contributed by atoms with van der Waals surface area (Å²) in [7, 11) is 0. The molecule has 0 fully saturated rings. The van der Waals surface area contributed by atoms with Crippen LogP contribution in [0.15, 0.2) is 24.3 Å². The van der Waals surface area contributed by atoms with Gasteiger partial charge in [0.25, 0.3) is 0 Å². The first kappa shape index (κ1) is 18.3. The van der Waals surface area contributed by atoms with Crippen LogP contribution in [0.4, 0.5) is 11.4 Å². The summed E-state index contributed by atoms with van der Waals surface area (Å²) in [5.74, 6) is -3.97. The number of nitrogens with two attached hydrogens (primary N) is 6. The summed E-state index contributed by atoms with van der Waals surface area (Å²) in [6, 6.07) is 5.12. The minimum Gasteiger partial charge on any atom is -0.397 e. The molecule has 0 radical (unpaired) electrons. The highest BCUT2D eigenvalue weighted by atomic mass is 16.2. The van der Waals surface area contributed by atoms with Crippen molar-refractivity contribution in [3.8, 4) is 11.1 Å². The van der Waals surface area contributed by atoms with E-state index in [0.29, 0.717) is 0 Å². The number of primary amides is 4. The summed E-state index contributed by atoms with van der Waals surface area (Å²) in [5, 5.41) is 0. The van der Waals surface area contributed by atoms with Crippen molar-refractivity contribution in [3.05, 3.63) is 46.5 Å². The Labute approximate surface area is 147 Å². The highest BCUT2D eigenvalue weighted by Gasteiger charge is 2.27. The maximum absolute atomic E-state index is 12.0. The van der Waals surface area contributed by atoms with Gasteiger partial charge in [-0.25, -0.2) is 0 Å². The van der Waals surface area contributed by atoms with Crippen molar-refractivity contribution >= 4 is 35.0 Å². The summed E-state index contributed by atoms with van der Waals surface area (Å²) >= 11 is 0. The van der Waals surface area contributed by atoms with Crippen molar-refractivity contribution in [2.75, 3.05) is 11.5 Å². The molecule has 0 aromatic heterocycles. The highest BCUT2D eigenvalue weighted by Crippen LogP contribution is 2.38. The standard InChI is InChI=1S/C16H16N6O4/c17-8-4-7(14(20)24)11(16(22)26)10(12(8)18)5-2-1-3-6(13(19)23)9(5)15(21)25/h1-4H,17-18H2,(H2,19,23)(H2,20,24)(H2,21,25)(H2,22,26). The number of carbonyl (C=O) groups excluding carboxylic acids is 4. The molecule has 0 atom stereocenters. The van der Waals surface area contributed by atoms with Gasteiger partial charge in [0.15, 0.2) is 0 Å². The summed E-state index contributed by atoms with van der Waals surface area (Å²) in [4.78, 5) is 47.3. The zero-order valence-electron chi connectivity index (χ0n) is 13.4. The quantitative estimate of drug-likeness (QED) is 0.365. The Morgan fingerprint density at radius 3 is 1.69 bits per heavy atom. The van der Waals surface area contributed by atoms with Gasteiger partial charge in [0.2, 0.25) is 23.6 Å². The van der Waals surface area contributed by atoms with E-state index >= 15 is 0 Å². The number of nitrogen functional groups attached to an aromatic ring is 2. The zero-order chi connectivity index (χ0) is 19.8. The molecule has 2 aromatic carbocycles. The van der Waals surface area contributed by atoms with Gasteiger partial charge in [-0.2, -0.15) is 0 Å². The maximum atomic E-state index is 12.0. The fourth-order valence-corrected chi connectivity index (χ4v) is 2.68. The lowest BCUT2D eigenvalue weighted by molar-refractivity contribution is 0.0966. The minimum atomic E-state index is -1.04. The van der Waals surface area contributed by atoms with Gasteiger partial charge in [-0.3, -0.25) is 19.2 Å². The smallest absolute Gasteiger partial charge is 0.250 e. The molecule has 0 spiro atoms. The molecular weight excluding hydrogens is 340 g/mol. The molecule has 10 nitrogen and oxygen atoms in total. The molecule has 0 heterocycles. The van der Waals surface area contributed by atoms with E-state index in [1.165, 1.54) is 18.2 Å². The van der Waals surface area contributed by atoms with E-state index in [1.54, 1.807) is 0 Å². The normalized spacial score (nSPS) is 10.3. The molecule has 0 bridgehead atoms. The lowest BCUT2D eigenvalue weighted by atomic mass is 9.87. The average molecular weight is 356 g/mol. The average Bonchev–Trinajstić information content (AvgIpc) is 2.55. The van der Waals surface area contributed by atoms with Crippen LogP contribution in [0.2, 0.25) is 0 Å². The maximum Gasteiger partial charge on any atom is 0.250 e. The zero-order valence-corrected chi connectivity index (χ0v) is 13.4. The van der Waals surface area contributed by atoms with Crippen molar-refractivity contribution in [1.82, 2.24) is 0 Å². The van der Waals surface area contributed by atoms with Crippen molar-refractivity contribution < 1.29 is 19.2 Å². The lowest BCUT2D eigenvalue weighted by Crippen LogP contribution is -2.25.